The third-order valence-electron chi connectivity index (χ3n) is 7.33. The number of phenolic OH excluding ortho intramolecular Hbond substituents is 1. The highest BCUT2D eigenvalue weighted by Gasteiger charge is 2.56. The summed E-state index contributed by atoms with van der Waals surface area (Å²) < 4.78 is 20.0. The van der Waals surface area contributed by atoms with Crippen molar-refractivity contribution < 1.29 is 23.8 Å². The first-order valence-corrected chi connectivity index (χ1v) is 12.2. The predicted molar refractivity (Wildman–Crippen MR) is 125 cm³/mol. The highest BCUT2D eigenvalue weighted by atomic mass is 19.1. The number of fused-ring (bicyclic) bond motifs is 3. The number of benzene rings is 1. The first-order valence-electron chi connectivity index (χ1n) is 12.2. The number of nitrogens with zero attached hydrogens (tertiary/aromatic N) is 1. The molecule has 2 heterocycles. The van der Waals surface area contributed by atoms with E-state index in [2.05, 4.69) is 13.8 Å². The van der Waals surface area contributed by atoms with Gasteiger partial charge >= 0.3 is 0 Å². The molecule has 0 unspecified atom stereocenters. The van der Waals surface area contributed by atoms with Gasteiger partial charge in [-0.1, -0.05) is 43.6 Å². The first kappa shape index (κ1) is 23.7. The highest BCUT2D eigenvalue weighted by Crippen LogP contribution is 2.49. The van der Waals surface area contributed by atoms with Crippen LogP contribution < -0.4 is 0 Å². The van der Waals surface area contributed by atoms with Crippen molar-refractivity contribution in [2.75, 3.05) is 13.2 Å². The van der Waals surface area contributed by atoms with Gasteiger partial charge in [-0.05, 0) is 62.3 Å². The van der Waals surface area contributed by atoms with Crippen molar-refractivity contribution in [2.45, 2.75) is 65.4 Å². The number of likely N-dealkylation sites (tertiary alicyclic amines) is 1. The standard InChI is InChI=1S/C27H34FNO4/c1-4-6-17(13-18-7-9-22(30)21(28)14-18)8-10-23-24-16(3)12-19-25(20(24)15-33-23)27(32)29(11-5-2)26(19)31/h7,9,13-14,19-20,23,25,30H,4-6,8,10-12,15H2,1-3H3/b17-13+/t19-,20+,23-,25-/m1/s1. The van der Waals surface area contributed by atoms with Crippen molar-refractivity contribution in [1.29, 1.82) is 0 Å². The fraction of sp³-hybridized carbons (Fsp3) is 0.556. The minimum Gasteiger partial charge on any atom is -0.505 e. The van der Waals surface area contributed by atoms with E-state index in [0.29, 0.717) is 19.6 Å². The first-order chi connectivity index (χ1) is 15.8. The Balaban J connectivity index is 1.50. The highest BCUT2D eigenvalue weighted by molar-refractivity contribution is 6.05. The Labute approximate surface area is 195 Å². The summed E-state index contributed by atoms with van der Waals surface area (Å²) in [7, 11) is 0. The predicted octanol–water partition coefficient (Wildman–Crippen LogP) is 5.24. The zero-order valence-electron chi connectivity index (χ0n) is 19.8. The van der Waals surface area contributed by atoms with Crippen molar-refractivity contribution in [3.63, 3.8) is 0 Å². The molecule has 1 aromatic carbocycles. The average Bonchev–Trinajstić information content (AvgIpc) is 3.30. The molecule has 0 radical (unpaired) electrons. The van der Waals surface area contributed by atoms with Crippen molar-refractivity contribution >= 4 is 17.9 Å². The van der Waals surface area contributed by atoms with E-state index in [1.807, 2.05) is 13.0 Å². The molecule has 1 aromatic rings. The summed E-state index contributed by atoms with van der Waals surface area (Å²) >= 11 is 0. The molecule has 1 aliphatic carbocycles. The van der Waals surface area contributed by atoms with E-state index in [1.165, 1.54) is 33.8 Å². The Hall–Kier alpha value is -2.47. The lowest BCUT2D eigenvalue weighted by atomic mass is 9.70. The smallest absolute Gasteiger partial charge is 0.233 e. The van der Waals surface area contributed by atoms with Crippen LogP contribution in [0.4, 0.5) is 4.39 Å². The third kappa shape index (κ3) is 4.50. The zero-order chi connectivity index (χ0) is 23.7. The number of rotatable bonds is 8. The number of hydrogen-bond donors (Lipinski definition) is 1. The number of carbonyl (C=O) groups excluding carboxylic acids is 2. The van der Waals surface area contributed by atoms with E-state index in [-0.39, 0.29) is 41.4 Å². The van der Waals surface area contributed by atoms with Gasteiger partial charge < -0.3 is 9.84 Å². The minimum absolute atomic E-state index is 0.00291. The summed E-state index contributed by atoms with van der Waals surface area (Å²) in [6.45, 7) is 7.18. The molecule has 0 bridgehead atoms. The van der Waals surface area contributed by atoms with Crippen molar-refractivity contribution in [1.82, 2.24) is 4.90 Å². The van der Waals surface area contributed by atoms with Crippen LogP contribution in [-0.2, 0) is 14.3 Å². The maximum atomic E-state index is 13.8. The van der Waals surface area contributed by atoms with Gasteiger partial charge in [0.2, 0.25) is 11.8 Å². The summed E-state index contributed by atoms with van der Waals surface area (Å²) in [5.74, 6) is -1.51. The molecule has 5 nitrogen and oxygen atoms in total. The SMILES string of the molecule is CCC/C(=C\c1ccc(O)c(F)c1)CC[C@H]1OC[C@H]2C1=C(C)C[C@H]1C(=O)N(CCC)C(=O)[C@H]12. The quantitative estimate of drug-likeness (QED) is 0.430. The van der Waals surface area contributed by atoms with Gasteiger partial charge in [0.15, 0.2) is 11.6 Å². The Morgan fingerprint density at radius 3 is 2.67 bits per heavy atom. The van der Waals surface area contributed by atoms with E-state index < -0.39 is 5.82 Å². The van der Waals surface area contributed by atoms with Gasteiger partial charge in [0.25, 0.3) is 0 Å². The monoisotopic (exact) mass is 455 g/mol. The van der Waals surface area contributed by atoms with Gasteiger partial charge in [0, 0.05) is 12.5 Å². The second kappa shape index (κ2) is 9.80. The molecule has 6 heteroatoms. The molecular weight excluding hydrogens is 421 g/mol. The third-order valence-corrected chi connectivity index (χ3v) is 7.33. The summed E-state index contributed by atoms with van der Waals surface area (Å²) in [5, 5.41) is 9.44. The van der Waals surface area contributed by atoms with Crippen LogP contribution in [0.15, 0.2) is 34.9 Å². The molecule has 2 fully saturated rings. The fourth-order valence-corrected chi connectivity index (χ4v) is 5.89. The van der Waals surface area contributed by atoms with Crippen LogP contribution in [0.3, 0.4) is 0 Å². The second-order valence-electron chi connectivity index (χ2n) is 9.63. The number of hydrogen-bond acceptors (Lipinski definition) is 4. The number of aromatic hydroxyl groups is 1. The molecule has 0 aromatic heterocycles. The van der Waals surface area contributed by atoms with E-state index in [0.717, 1.165) is 37.7 Å². The van der Waals surface area contributed by atoms with Crippen LogP contribution in [0, 0.1) is 23.6 Å². The summed E-state index contributed by atoms with van der Waals surface area (Å²) in [4.78, 5) is 27.4. The normalized spacial score (nSPS) is 27.4. The van der Waals surface area contributed by atoms with E-state index in [4.69, 9.17) is 4.74 Å². The van der Waals surface area contributed by atoms with Gasteiger partial charge in [-0.3, -0.25) is 14.5 Å². The Bertz CT molecular complexity index is 998. The van der Waals surface area contributed by atoms with Crippen LogP contribution in [-0.4, -0.2) is 41.1 Å². The minimum atomic E-state index is -0.619. The number of halogens is 1. The van der Waals surface area contributed by atoms with Gasteiger partial charge in [0.1, 0.15) is 0 Å². The lowest BCUT2D eigenvalue weighted by molar-refractivity contribution is -0.140. The molecule has 2 saturated heterocycles. The maximum absolute atomic E-state index is 13.8. The lowest BCUT2D eigenvalue weighted by Gasteiger charge is -2.30. The molecule has 4 rings (SSSR count). The molecule has 178 valence electrons. The topological polar surface area (TPSA) is 66.8 Å². The lowest BCUT2D eigenvalue weighted by Crippen LogP contribution is -2.34. The summed E-state index contributed by atoms with van der Waals surface area (Å²) in [5.41, 5.74) is 4.37. The molecule has 0 spiro atoms. The van der Waals surface area contributed by atoms with Crippen LogP contribution in [0.2, 0.25) is 0 Å². The number of phenols is 1. The van der Waals surface area contributed by atoms with Gasteiger partial charge in [-0.15, -0.1) is 0 Å². The molecule has 2 aliphatic heterocycles. The van der Waals surface area contributed by atoms with Crippen molar-refractivity contribution in [3.05, 3.63) is 46.3 Å². The summed E-state index contributed by atoms with van der Waals surface area (Å²) in [6, 6.07) is 4.45. The van der Waals surface area contributed by atoms with Crippen LogP contribution >= 0.6 is 0 Å². The van der Waals surface area contributed by atoms with Gasteiger partial charge in [-0.25, -0.2) is 4.39 Å². The largest absolute Gasteiger partial charge is 0.505 e. The maximum Gasteiger partial charge on any atom is 0.233 e. The average molecular weight is 456 g/mol. The second-order valence-corrected chi connectivity index (χ2v) is 9.63. The zero-order valence-corrected chi connectivity index (χ0v) is 19.8. The van der Waals surface area contributed by atoms with Crippen molar-refractivity contribution in [2.24, 2.45) is 17.8 Å². The number of ether oxygens (including phenoxy) is 1. The molecule has 0 saturated carbocycles. The van der Waals surface area contributed by atoms with E-state index in [9.17, 15) is 19.1 Å². The Kier molecular flexibility index (Phi) is 7.03. The molecule has 1 N–H and O–H groups in total. The molecule has 4 atom stereocenters. The van der Waals surface area contributed by atoms with Crippen LogP contribution in [0.5, 0.6) is 5.75 Å². The molecular formula is C27H34FNO4. The number of carbonyl (C=O) groups is 2. The van der Waals surface area contributed by atoms with Crippen LogP contribution in [0.25, 0.3) is 6.08 Å². The fourth-order valence-electron chi connectivity index (χ4n) is 5.89. The van der Waals surface area contributed by atoms with Crippen LogP contribution in [0.1, 0.15) is 64.9 Å². The summed E-state index contributed by atoms with van der Waals surface area (Å²) in [6.07, 6.45) is 6.87. The molecule has 33 heavy (non-hydrogen) atoms. The van der Waals surface area contributed by atoms with Crippen molar-refractivity contribution in [3.8, 4) is 5.75 Å². The van der Waals surface area contributed by atoms with E-state index in [1.54, 1.807) is 6.07 Å². The Morgan fingerprint density at radius 1 is 1.18 bits per heavy atom. The van der Waals surface area contributed by atoms with Gasteiger partial charge in [0.05, 0.1) is 24.5 Å². The van der Waals surface area contributed by atoms with Gasteiger partial charge in [-0.2, -0.15) is 0 Å². The molecule has 2 amide bonds. The number of allylic oxidation sites excluding steroid dienone is 2. The van der Waals surface area contributed by atoms with E-state index >= 15 is 0 Å². The number of imide groups is 1. The molecule has 3 aliphatic rings. The number of amides is 2. The Morgan fingerprint density at radius 2 is 1.97 bits per heavy atom.